The molecule has 0 bridgehead atoms. The van der Waals surface area contributed by atoms with Gasteiger partial charge in [-0.1, -0.05) is 17.7 Å². The van der Waals surface area contributed by atoms with E-state index in [2.05, 4.69) is 31.6 Å². The maximum atomic E-state index is 9.82. The van der Waals surface area contributed by atoms with Crippen LogP contribution in [0.15, 0.2) is 54.9 Å². The number of methoxy groups -OCH3 is 1. The quantitative estimate of drug-likeness (QED) is 0.347. The van der Waals surface area contributed by atoms with Gasteiger partial charge in [-0.15, -0.1) is 0 Å². The van der Waals surface area contributed by atoms with Crippen LogP contribution < -0.4 is 25.0 Å². The lowest BCUT2D eigenvalue weighted by Crippen LogP contribution is -2.43. The molecule has 0 atom stereocenters. The molecule has 1 aliphatic rings. The van der Waals surface area contributed by atoms with Gasteiger partial charge in [0.15, 0.2) is 0 Å². The number of benzene rings is 2. The Kier molecular flexibility index (Phi) is 7.26. The van der Waals surface area contributed by atoms with Crippen molar-refractivity contribution in [2.75, 3.05) is 43.5 Å². The van der Waals surface area contributed by atoms with Gasteiger partial charge in [-0.05, 0) is 42.8 Å². The van der Waals surface area contributed by atoms with E-state index in [0.29, 0.717) is 34.3 Å². The third-order valence-corrected chi connectivity index (χ3v) is 6.75. The van der Waals surface area contributed by atoms with Gasteiger partial charge in [0.2, 0.25) is 0 Å². The van der Waals surface area contributed by atoms with E-state index < -0.39 is 0 Å². The smallest absolute Gasteiger partial charge is 0.142 e. The average Bonchev–Trinajstić information content (AvgIpc) is 2.93. The molecule has 0 radical (unpaired) electrons. The van der Waals surface area contributed by atoms with Crippen LogP contribution >= 0.6 is 11.6 Å². The minimum absolute atomic E-state index is 0.346. The molecule has 5 rings (SSSR count). The Morgan fingerprint density at radius 1 is 1.16 bits per heavy atom. The van der Waals surface area contributed by atoms with Crippen LogP contribution in [0.3, 0.4) is 0 Å². The fraction of sp³-hybridized carbons (Fsp3) is 0.250. The second-order valence-electron chi connectivity index (χ2n) is 8.76. The third kappa shape index (κ3) is 5.24. The third-order valence-electron chi connectivity index (χ3n) is 6.44. The summed E-state index contributed by atoms with van der Waals surface area (Å²) in [4.78, 5) is 11.2. The lowest BCUT2D eigenvalue weighted by Gasteiger charge is -2.31. The van der Waals surface area contributed by atoms with Gasteiger partial charge >= 0.3 is 0 Å². The first-order chi connectivity index (χ1) is 18.1. The fourth-order valence-corrected chi connectivity index (χ4v) is 4.60. The average molecular weight is 515 g/mol. The summed E-state index contributed by atoms with van der Waals surface area (Å²) in [6.07, 6.45) is 3.33. The van der Waals surface area contributed by atoms with Crippen molar-refractivity contribution < 1.29 is 9.47 Å². The van der Waals surface area contributed by atoms with Crippen molar-refractivity contribution in [2.45, 2.75) is 13.5 Å². The van der Waals surface area contributed by atoms with Crippen molar-refractivity contribution >= 4 is 39.6 Å². The van der Waals surface area contributed by atoms with Gasteiger partial charge in [0.1, 0.15) is 24.2 Å². The Labute approximate surface area is 220 Å². The normalized spacial score (nSPS) is 13.3. The maximum Gasteiger partial charge on any atom is 0.142 e. The molecular formula is C28H27ClN6O2. The highest BCUT2D eigenvalue weighted by Gasteiger charge is 2.19. The Hall–Kier alpha value is -4.06. The topological polar surface area (TPSA) is 95.3 Å². The predicted molar refractivity (Wildman–Crippen MR) is 146 cm³/mol. The number of piperazine rings is 1. The monoisotopic (exact) mass is 514 g/mol. The molecule has 0 unspecified atom stereocenters. The van der Waals surface area contributed by atoms with Crippen molar-refractivity contribution in [3.63, 3.8) is 0 Å². The number of nitrogens with zero attached hydrogens (tertiary/aromatic N) is 4. The summed E-state index contributed by atoms with van der Waals surface area (Å²) < 4.78 is 11.7. The van der Waals surface area contributed by atoms with E-state index in [1.54, 1.807) is 25.6 Å². The molecule has 0 saturated carbocycles. The molecule has 2 aromatic carbocycles. The lowest BCUT2D eigenvalue weighted by atomic mass is 10.1. The summed E-state index contributed by atoms with van der Waals surface area (Å²) in [6.45, 7) is 5.93. The Balaban J connectivity index is 1.45. The summed E-state index contributed by atoms with van der Waals surface area (Å²) in [5.74, 6) is 1.36. The standard InChI is InChI=1S/C28H27ClN6O2/c1-18-4-3-7-32-25(18)17-37-20-5-6-23(22(29)12-20)34-28-19(15-30)16-33-24-14-26(27(36-2)13-21(24)28)35-10-8-31-9-11-35/h3-7,12-14,16,31H,8-11,17H2,1-2H3,(H,33,34). The van der Waals surface area contributed by atoms with E-state index in [4.69, 9.17) is 21.1 Å². The van der Waals surface area contributed by atoms with Gasteiger partial charge in [0, 0.05) is 50.0 Å². The van der Waals surface area contributed by atoms with Gasteiger partial charge in [0.25, 0.3) is 0 Å². The zero-order chi connectivity index (χ0) is 25.8. The van der Waals surface area contributed by atoms with Crippen LogP contribution in [0, 0.1) is 18.3 Å². The number of pyridine rings is 2. The van der Waals surface area contributed by atoms with E-state index in [1.807, 2.05) is 43.3 Å². The first-order valence-corrected chi connectivity index (χ1v) is 12.4. The molecular weight excluding hydrogens is 488 g/mol. The highest BCUT2D eigenvalue weighted by Crippen LogP contribution is 2.39. The summed E-state index contributed by atoms with van der Waals surface area (Å²) in [7, 11) is 1.66. The SMILES string of the molecule is COc1cc2c(Nc3ccc(OCc4ncccc4C)cc3Cl)c(C#N)cnc2cc1N1CCNCC1. The first kappa shape index (κ1) is 24.6. The van der Waals surface area contributed by atoms with E-state index >= 15 is 0 Å². The van der Waals surface area contributed by atoms with Crippen LogP contribution in [0.4, 0.5) is 17.1 Å². The van der Waals surface area contributed by atoms with Gasteiger partial charge in [-0.2, -0.15) is 5.26 Å². The van der Waals surface area contributed by atoms with Crippen LogP contribution in [-0.4, -0.2) is 43.3 Å². The van der Waals surface area contributed by atoms with Gasteiger partial charge < -0.3 is 25.0 Å². The molecule has 3 heterocycles. The minimum atomic E-state index is 0.346. The van der Waals surface area contributed by atoms with Crippen LogP contribution in [0.5, 0.6) is 11.5 Å². The first-order valence-electron chi connectivity index (χ1n) is 12.0. The molecule has 2 N–H and O–H groups in total. The molecule has 0 amide bonds. The summed E-state index contributed by atoms with van der Waals surface area (Å²) in [6, 6.07) is 15.5. The number of rotatable bonds is 7. The van der Waals surface area contributed by atoms with Gasteiger partial charge in [0.05, 0.1) is 46.0 Å². The Morgan fingerprint density at radius 3 is 2.73 bits per heavy atom. The maximum absolute atomic E-state index is 9.82. The van der Waals surface area contributed by atoms with Crippen LogP contribution in [0.2, 0.25) is 5.02 Å². The van der Waals surface area contributed by atoms with Crippen molar-refractivity contribution in [3.8, 4) is 17.6 Å². The van der Waals surface area contributed by atoms with E-state index in [-0.39, 0.29) is 0 Å². The molecule has 4 aromatic rings. The number of hydrogen-bond donors (Lipinski definition) is 2. The number of hydrogen-bond acceptors (Lipinski definition) is 8. The van der Waals surface area contributed by atoms with Crippen molar-refractivity contribution in [3.05, 3.63) is 76.7 Å². The zero-order valence-electron chi connectivity index (χ0n) is 20.7. The van der Waals surface area contributed by atoms with Crippen molar-refractivity contribution in [1.82, 2.24) is 15.3 Å². The summed E-state index contributed by atoms with van der Waals surface area (Å²) in [5, 5.41) is 17.8. The van der Waals surface area contributed by atoms with Crippen molar-refractivity contribution in [2.24, 2.45) is 0 Å². The van der Waals surface area contributed by atoms with Crippen LogP contribution in [0.1, 0.15) is 16.8 Å². The van der Waals surface area contributed by atoms with Crippen LogP contribution in [0.25, 0.3) is 10.9 Å². The number of nitriles is 1. The fourth-order valence-electron chi connectivity index (χ4n) is 4.39. The molecule has 1 saturated heterocycles. The highest BCUT2D eigenvalue weighted by atomic mass is 35.5. The second-order valence-corrected chi connectivity index (χ2v) is 9.17. The molecule has 1 fully saturated rings. The molecule has 0 spiro atoms. The minimum Gasteiger partial charge on any atom is -0.495 e. The molecule has 188 valence electrons. The number of halogens is 1. The number of aromatic nitrogens is 2. The summed E-state index contributed by atoms with van der Waals surface area (Å²) >= 11 is 6.63. The van der Waals surface area contributed by atoms with Crippen LogP contribution in [-0.2, 0) is 6.61 Å². The number of nitrogens with one attached hydrogen (secondary N) is 2. The lowest BCUT2D eigenvalue weighted by molar-refractivity contribution is 0.300. The van der Waals surface area contributed by atoms with Gasteiger partial charge in [-0.3, -0.25) is 9.97 Å². The number of ether oxygens (including phenoxy) is 2. The zero-order valence-corrected chi connectivity index (χ0v) is 21.5. The largest absolute Gasteiger partial charge is 0.495 e. The Bertz CT molecular complexity index is 1480. The van der Waals surface area contributed by atoms with Crippen molar-refractivity contribution in [1.29, 1.82) is 5.26 Å². The van der Waals surface area contributed by atoms with Gasteiger partial charge in [-0.25, -0.2) is 0 Å². The predicted octanol–water partition coefficient (Wildman–Crippen LogP) is 5.20. The van der Waals surface area contributed by atoms with E-state index in [1.165, 1.54) is 0 Å². The summed E-state index contributed by atoms with van der Waals surface area (Å²) in [5.41, 5.74) is 5.37. The number of anilines is 3. The Morgan fingerprint density at radius 2 is 2.00 bits per heavy atom. The highest BCUT2D eigenvalue weighted by molar-refractivity contribution is 6.33. The molecule has 37 heavy (non-hydrogen) atoms. The van der Waals surface area contributed by atoms with E-state index in [9.17, 15) is 5.26 Å². The number of fused-ring (bicyclic) bond motifs is 1. The molecule has 9 heteroatoms. The number of aryl methyl sites for hydroxylation is 1. The molecule has 0 aliphatic carbocycles. The molecule has 2 aromatic heterocycles. The molecule has 1 aliphatic heterocycles. The van der Waals surface area contributed by atoms with E-state index in [0.717, 1.165) is 59.8 Å². The second kappa shape index (κ2) is 10.9. The molecule has 8 nitrogen and oxygen atoms in total.